The molecule has 0 amide bonds. The van der Waals surface area contributed by atoms with Gasteiger partial charge in [0.2, 0.25) is 0 Å². The summed E-state index contributed by atoms with van der Waals surface area (Å²) in [5.74, 6) is 0.657. The predicted molar refractivity (Wildman–Crippen MR) is 74.4 cm³/mol. The van der Waals surface area contributed by atoms with Crippen LogP contribution in [0.4, 0.5) is 0 Å². The van der Waals surface area contributed by atoms with Crippen LogP contribution in [0, 0.1) is 5.92 Å². The molecule has 2 atom stereocenters. The Labute approximate surface area is 110 Å². The van der Waals surface area contributed by atoms with Gasteiger partial charge in [-0.25, -0.2) is 0 Å². The highest BCUT2D eigenvalue weighted by atomic mass is 16.3. The molecule has 18 heavy (non-hydrogen) atoms. The van der Waals surface area contributed by atoms with Gasteiger partial charge < -0.3 is 10.4 Å². The summed E-state index contributed by atoms with van der Waals surface area (Å²) in [5, 5.41) is 13.5. The Kier molecular flexibility index (Phi) is 4.75. The standard InChI is InChI=1S/C15H24N2O/c1-12(2)9-17-10-14(15(18)11-17)16-8-13-6-4-3-5-7-13/h3-7,12,14-16,18H,8-11H2,1-2H3. The van der Waals surface area contributed by atoms with Crippen molar-refractivity contribution in [3.63, 3.8) is 0 Å². The molecule has 100 valence electrons. The lowest BCUT2D eigenvalue weighted by atomic mass is 10.2. The lowest BCUT2D eigenvalue weighted by Gasteiger charge is -2.18. The molecule has 0 aliphatic carbocycles. The van der Waals surface area contributed by atoms with Gasteiger partial charge in [-0.05, 0) is 11.5 Å². The van der Waals surface area contributed by atoms with Crippen LogP contribution in [0.25, 0.3) is 0 Å². The zero-order valence-corrected chi connectivity index (χ0v) is 11.3. The van der Waals surface area contributed by atoms with Gasteiger partial charge in [-0.15, -0.1) is 0 Å². The number of hydrogen-bond acceptors (Lipinski definition) is 3. The molecule has 2 N–H and O–H groups in total. The summed E-state index contributed by atoms with van der Waals surface area (Å²) in [6.45, 7) is 8.09. The summed E-state index contributed by atoms with van der Waals surface area (Å²) in [6, 6.07) is 10.5. The first-order chi connectivity index (χ1) is 8.65. The maximum Gasteiger partial charge on any atom is 0.0832 e. The van der Waals surface area contributed by atoms with E-state index in [1.807, 2.05) is 18.2 Å². The first-order valence-electron chi connectivity index (χ1n) is 6.83. The molecule has 1 fully saturated rings. The summed E-state index contributed by atoms with van der Waals surface area (Å²) < 4.78 is 0. The van der Waals surface area contributed by atoms with Crippen molar-refractivity contribution in [2.75, 3.05) is 19.6 Å². The summed E-state index contributed by atoms with van der Waals surface area (Å²) in [5.41, 5.74) is 1.27. The maximum absolute atomic E-state index is 10.0. The van der Waals surface area contributed by atoms with Gasteiger partial charge in [-0.2, -0.15) is 0 Å². The molecular weight excluding hydrogens is 224 g/mol. The molecule has 0 spiro atoms. The van der Waals surface area contributed by atoms with Gasteiger partial charge in [0.25, 0.3) is 0 Å². The minimum atomic E-state index is -0.243. The van der Waals surface area contributed by atoms with Gasteiger partial charge in [0.05, 0.1) is 6.10 Å². The third-order valence-corrected chi connectivity index (χ3v) is 3.40. The summed E-state index contributed by atoms with van der Waals surface area (Å²) in [6.07, 6.45) is -0.243. The molecule has 0 bridgehead atoms. The Morgan fingerprint density at radius 2 is 2.00 bits per heavy atom. The van der Waals surface area contributed by atoms with Crippen molar-refractivity contribution in [2.45, 2.75) is 32.5 Å². The van der Waals surface area contributed by atoms with Crippen LogP contribution in [0.1, 0.15) is 19.4 Å². The Balaban J connectivity index is 1.80. The molecule has 1 saturated heterocycles. The maximum atomic E-state index is 10.0. The average molecular weight is 248 g/mol. The predicted octanol–water partition coefficient (Wildman–Crippen LogP) is 1.48. The third-order valence-electron chi connectivity index (χ3n) is 3.40. The van der Waals surface area contributed by atoms with E-state index in [2.05, 4.69) is 36.2 Å². The molecule has 2 unspecified atom stereocenters. The second kappa shape index (κ2) is 6.32. The third kappa shape index (κ3) is 3.80. The number of nitrogens with zero attached hydrogens (tertiary/aromatic N) is 1. The van der Waals surface area contributed by atoms with Crippen LogP contribution >= 0.6 is 0 Å². The SMILES string of the molecule is CC(C)CN1CC(O)C(NCc2ccccc2)C1. The molecule has 0 aromatic heterocycles. The highest BCUT2D eigenvalue weighted by Gasteiger charge is 2.30. The zero-order valence-electron chi connectivity index (χ0n) is 11.3. The quantitative estimate of drug-likeness (QED) is 0.828. The van der Waals surface area contributed by atoms with Crippen molar-refractivity contribution in [2.24, 2.45) is 5.92 Å². The fraction of sp³-hybridized carbons (Fsp3) is 0.600. The molecule has 1 aliphatic heterocycles. The minimum Gasteiger partial charge on any atom is -0.390 e. The Hall–Kier alpha value is -0.900. The number of rotatable bonds is 5. The summed E-state index contributed by atoms with van der Waals surface area (Å²) in [4.78, 5) is 2.35. The van der Waals surface area contributed by atoms with Crippen LogP contribution in [-0.4, -0.2) is 41.8 Å². The Morgan fingerprint density at radius 1 is 1.28 bits per heavy atom. The fourth-order valence-corrected chi connectivity index (χ4v) is 2.58. The number of likely N-dealkylation sites (tertiary alicyclic amines) is 1. The van der Waals surface area contributed by atoms with Crippen molar-refractivity contribution < 1.29 is 5.11 Å². The van der Waals surface area contributed by atoms with Crippen LogP contribution in [0.15, 0.2) is 30.3 Å². The summed E-state index contributed by atoms with van der Waals surface area (Å²) in [7, 11) is 0. The van der Waals surface area contributed by atoms with Crippen molar-refractivity contribution >= 4 is 0 Å². The highest BCUT2D eigenvalue weighted by Crippen LogP contribution is 2.13. The smallest absolute Gasteiger partial charge is 0.0832 e. The van der Waals surface area contributed by atoms with Crippen LogP contribution in [0.5, 0.6) is 0 Å². The molecular formula is C15H24N2O. The molecule has 1 aromatic rings. The lowest BCUT2D eigenvalue weighted by molar-refractivity contribution is 0.151. The molecule has 3 nitrogen and oxygen atoms in total. The summed E-state index contributed by atoms with van der Waals surface area (Å²) >= 11 is 0. The van der Waals surface area contributed by atoms with Crippen LogP contribution < -0.4 is 5.32 Å². The molecule has 2 rings (SSSR count). The number of aliphatic hydroxyl groups excluding tert-OH is 1. The number of β-amino-alcohol motifs (C(OH)–C–C–N with tert-alkyl or cyclic N) is 1. The molecule has 0 radical (unpaired) electrons. The average Bonchev–Trinajstić information content (AvgIpc) is 2.67. The molecule has 3 heteroatoms. The second-order valence-electron chi connectivity index (χ2n) is 5.65. The van der Waals surface area contributed by atoms with Crippen molar-refractivity contribution in [1.82, 2.24) is 10.2 Å². The first kappa shape index (κ1) is 13.5. The lowest BCUT2D eigenvalue weighted by Crippen LogP contribution is -2.38. The van der Waals surface area contributed by atoms with E-state index in [-0.39, 0.29) is 12.1 Å². The topological polar surface area (TPSA) is 35.5 Å². The van der Waals surface area contributed by atoms with E-state index in [9.17, 15) is 5.11 Å². The van der Waals surface area contributed by atoms with E-state index in [1.54, 1.807) is 0 Å². The zero-order chi connectivity index (χ0) is 13.0. The molecule has 1 heterocycles. The molecule has 1 aliphatic rings. The molecule has 1 aromatic carbocycles. The van der Waals surface area contributed by atoms with Gasteiger partial charge >= 0.3 is 0 Å². The van der Waals surface area contributed by atoms with E-state index in [0.29, 0.717) is 5.92 Å². The largest absolute Gasteiger partial charge is 0.390 e. The van der Waals surface area contributed by atoms with E-state index in [4.69, 9.17) is 0 Å². The Bertz CT molecular complexity index is 353. The number of aliphatic hydroxyl groups is 1. The highest BCUT2D eigenvalue weighted by molar-refractivity contribution is 5.14. The van der Waals surface area contributed by atoms with E-state index >= 15 is 0 Å². The van der Waals surface area contributed by atoms with E-state index in [0.717, 1.165) is 26.2 Å². The second-order valence-corrected chi connectivity index (χ2v) is 5.65. The van der Waals surface area contributed by atoms with Gasteiger partial charge in [-0.3, -0.25) is 4.90 Å². The van der Waals surface area contributed by atoms with Crippen molar-refractivity contribution in [3.05, 3.63) is 35.9 Å². The fourth-order valence-electron chi connectivity index (χ4n) is 2.58. The number of benzene rings is 1. The Morgan fingerprint density at radius 3 is 2.67 bits per heavy atom. The van der Waals surface area contributed by atoms with Gasteiger partial charge in [0, 0.05) is 32.2 Å². The van der Waals surface area contributed by atoms with E-state index in [1.165, 1.54) is 5.56 Å². The monoisotopic (exact) mass is 248 g/mol. The van der Waals surface area contributed by atoms with E-state index < -0.39 is 0 Å². The molecule has 0 saturated carbocycles. The van der Waals surface area contributed by atoms with Crippen LogP contribution in [0.2, 0.25) is 0 Å². The van der Waals surface area contributed by atoms with Crippen LogP contribution in [0.3, 0.4) is 0 Å². The first-order valence-corrected chi connectivity index (χ1v) is 6.83. The minimum absolute atomic E-state index is 0.198. The van der Waals surface area contributed by atoms with Crippen LogP contribution in [-0.2, 0) is 6.54 Å². The van der Waals surface area contributed by atoms with Crippen molar-refractivity contribution in [1.29, 1.82) is 0 Å². The van der Waals surface area contributed by atoms with Crippen molar-refractivity contribution in [3.8, 4) is 0 Å². The number of hydrogen-bond donors (Lipinski definition) is 2. The van der Waals surface area contributed by atoms with Gasteiger partial charge in [0.15, 0.2) is 0 Å². The van der Waals surface area contributed by atoms with Gasteiger partial charge in [-0.1, -0.05) is 44.2 Å². The normalized spacial score (nSPS) is 24.9. The van der Waals surface area contributed by atoms with Gasteiger partial charge in [0.1, 0.15) is 0 Å². The number of nitrogens with one attached hydrogen (secondary N) is 1.